The summed E-state index contributed by atoms with van der Waals surface area (Å²) in [5.74, 6) is -0.822. The van der Waals surface area contributed by atoms with E-state index < -0.39 is 26.5 Å². The Morgan fingerprint density at radius 3 is 1.00 bits per heavy atom. The molecule has 0 aromatic rings. The summed E-state index contributed by atoms with van der Waals surface area (Å²) in [7, 11) is -4.40. The maximum Gasteiger partial charge on any atom is 0.472 e. The molecule has 2 atom stereocenters. The van der Waals surface area contributed by atoms with Gasteiger partial charge in [0, 0.05) is 19.4 Å². The molecular weight excluding hydrogens is 1050 g/mol. The molecule has 10 heteroatoms. The van der Waals surface area contributed by atoms with Crippen LogP contribution >= 0.6 is 7.82 Å². The first kappa shape index (κ1) is 79.7. The summed E-state index contributed by atoms with van der Waals surface area (Å²) in [6, 6.07) is 0. The number of nitrogens with two attached hydrogens (primary N) is 1. The van der Waals surface area contributed by atoms with Crippen molar-refractivity contribution in [2.45, 2.75) is 315 Å². The van der Waals surface area contributed by atoms with Gasteiger partial charge in [-0.2, -0.15) is 0 Å². The minimum atomic E-state index is -4.40. The van der Waals surface area contributed by atoms with Crippen molar-refractivity contribution in [2.24, 2.45) is 5.73 Å². The molecule has 478 valence electrons. The number of carbonyl (C=O) groups is 2. The molecule has 3 N–H and O–H groups in total. The Hall–Kier alpha value is -3.33. The molecule has 83 heavy (non-hydrogen) atoms. The number of allylic oxidation sites excluding steroid dienone is 18. The van der Waals surface area contributed by atoms with Crippen LogP contribution in [-0.2, 0) is 32.7 Å². The van der Waals surface area contributed by atoms with Gasteiger partial charge in [-0.25, -0.2) is 4.57 Å². The maximum atomic E-state index is 12.8. The van der Waals surface area contributed by atoms with Gasteiger partial charge in [0.05, 0.1) is 13.2 Å². The summed E-state index contributed by atoms with van der Waals surface area (Å²) in [4.78, 5) is 35.3. The lowest BCUT2D eigenvalue weighted by atomic mass is 10.0. The van der Waals surface area contributed by atoms with Gasteiger partial charge in [-0.05, 0) is 103 Å². The van der Waals surface area contributed by atoms with Crippen molar-refractivity contribution < 1.29 is 37.6 Å². The Kier molecular flexibility index (Phi) is 65.1. The van der Waals surface area contributed by atoms with Gasteiger partial charge in [0.15, 0.2) is 6.10 Å². The molecule has 9 nitrogen and oxygen atoms in total. The molecule has 0 saturated heterocycles. The second-order valence-electron chi connectivity index (χ2n) is 22.7. The van der Waals surface area contributed by atoms with E-state index in [1.165, 1.54) is 186 Å². The van der Waals surface area contributed by atoms with Crippen LogP contribution in [0.15, 0.2) is 109 Å². The highest BCUT2D eigenvalue weighted by Crippen LogP contribution is 2.43. The van der Waals surface area contributed by atoms with Crippen molar-refractivity contribution in [1.29, 1.82) is 0 Å². The first-order valence-corrected chi connectivity index (χ1v) is 35.9. The summed E-state index contributed by atoms with van der Waals surface area (Å²) in [5.41, 5.74) is 5.40. The number of carbonyl (C=O) groups excluding carboxylic acids is 2. The van der Waals surface area contributed by atoms with Crippen LogP contribution in [0.1, 0.15) is 309 Å². The van der Waals surface area contributed by atoms with Crippen LogP contribution in [0.3, 0.4) is 0 Å². The van der Waals surface area contributed by atoms with Gasteiger partial charge >= 0.3 is 19.8 Å². The van der Waals surface area contributed by atoms with E-state index in [0.717, 1.165) is 89.9 Å². The van der Waals surface area contributed by atoms with Crippen LogP contribution in [0.5, 0.6) is 0 Å². The second-order valence-corrected chi connectivity index (χ2v) is 24.1. The fraction of sp³-hybridized carbons (Fsp3) is 0.726. The van der Waals surface area contributed by atoms with Crippen molar-refractivity contribution in [1.82, 2.24) is 0 Å². The van der Waals surface area contributed by atoms with Crippen LogP contribution in [-0.4, -0.2) is 49.3 Å². The van der Waals surface area contributed by atoms with Crippen molar-refractivity contribution in [3.05, 3.63) is 109 Å². The third kappa shape index (κ3) is 67.7. The van der Waals surface area contributed by atoms with Gasteiger partial charge in [-0.1, -0.05) is 303 Å². The maximum absolute atomic E-state index is 12.8. The molecule has 0 spiro atoms. The van der Waals surface area contributed by atoms with Gasteiger partial charge in [-0.3, -0.25) is 18.6 Å². The van der Waals surface area contributed by atoms with E-state index in [1.807, 2.05) is 0 Å². The lowest BCUT2D eigenvalue weighted by Gasteiger charge is -2.19. The molecule has 0 radical (unpaired) electrons. The van der Waals surface area contributed by atoms with E-state index in [9.17, 15) is 19.0 Å². The molecule has 0 fully saturated rings. The van der Waals surface area contributed by atoms with Gasteiger partial charge in [-0.15, -0.1) is 0 Å². The van der Waals surface area contributed by atoms with E-state index in [1.54, 1.807) is 0 Å². The Bertz CT molecular complexity index is 1730. The molecule has 2 unspecified atom stereocenters. The highest BCUT2D eigenvalue weighted by Gasteiger charge is 2.26. The average molecular weight is 1180 g/mol. The molecule has 0 bridgehead atoms. The van der Waals surface area contributed by atoms with Crippen molar-refractivity contribution >= 4 is 19.8 Å². The molecule has 0 saturated carbocycles. The van der Waals surface area contributed by atoms with Gasteiger partial charge in [0.25, 0.3) is 0 Å². The van der Waals surface area contributed by atoms with Gasteiger partial charge < -0.3 is 20.1 Å². The van der Waals surface area contributed by atoms with Crippen molar-refractivity contribution in [3.8, 4) is 0 Å². The molecule has 0 aliphatic rings. The number of hydrogen-bond acceptors (Lipinski definition) is 8. The molecule has 0 amide bonds. The average Bonchev–Trinajstić information content (AvgIpc) is 3.48. The van der Waals surface area contributed by atoms with E-state index in [4.69, 9.17) is 24.3 Å². The van der Waals surface area contributed by atoms with Crippen LogP contribution < -0.4 is 5.73 Å². The molecule has 0 aromatic carbocycles. The number of rotatable bonds is 64. The van der Waals surface area contributed by atoms with Crippen molar-refractivity contribution in [3.63, 3.8) is 0 Å². The monoisotopic (exact) mass is 1180 g/mol. The normalized spacial score (nSPS) is 13.6. The van der Waals surface area contributed by atoms with Gasteiger partial charge in [0.1, 0.15) is 6.61 Å². The Balaban J connectivity index is 3.89. The summed E-state index contributed by atoms with van der Waals surface area (Å²) in [6.45, 7) is 3.66. The molecular formula is C73H128NO8P. The SMILES string of the molecule is CC/C=C\C/C=C\C/C=C\C/C=C\C/C=C\C/C=C\C/C=C\C/C=C\CCCCCCCCCCCCCCCCC(=O)OC(COC(=O)CCCCCCCCCCCCC/C=C\CCCCCCCCCC)COP(=O)(O)OCCN. The Morgan fingerprint density at radius 1 is 0.373 bits per heavy atom. The number of unbranched alkanes of at least 4 members (excludes halogenated alkanes) is 33. The van der Waals surface area contributed by atoms with E-state index >= 15 is 0 Å². The summed E-state index contributed by atoms with van der Waals surface area (Å²) >= 11 is 0. The summed E-state index contributed by atoms with van der Waals surface area (Å²) in [5, 5.41) is 0. The number of esters is 2. The second kappa shape index (κ2) is 67.8. The first-order valence-electron chi connectivity index (χ1n) is 34.4. The summed E-state index contributed by atoms with van der Waals surface area (Å²) < 4.78 is 33.2. The zero-order valence-electron chi connectivity index (χ0n) is 53.7. The predicted octanol–water partition coefficient (Wildman–Crippen LogP) is 22.5. The highest BCUT2D eigenvalue weighted by molar-refractivity contribution is 7.47. The standard InChI is InChI=1S/C73H128NO8P/c1-3-5-7-9-11-13-15-17-19-21-23-25-27-28-29-30-31-32-33-34-35-36-37-38-39-40-41-42-44-46-48-50-52-54-56-58-60-62-64-66-73(76)82-71(70-81-83(77,78)80-68-67-74)69-79-72(75)65-63-61-59-57-55-53-51-49-47-45-43-26-24-22-20-18-16-14-12-10-8-6-4-2/h5,7,11,13,17,19,22-25,28-29,31-32,34-35,37-38,71H,3-4,6,8-10,12,14-16,18,20-21,26-27,30,33,36,39-70,74H2,1-2H3,(H,77,78)/b7-5-,13-11-,19-17-,24-22-,25-23-,29-28-,32-31-,35-34-,38-37-. The van der Waals surface area contributed by atoms with E-state index in [2.05, 4.69) is 123 Å². The Labute approximate surface area is 511 Å². The Morgan fingerprint density at radius 2 is 0.663 bits per heavy atom. The fourth-order valence-corrected chi connectivity index (χ4v) is 10.4. The van der Waals surface area contributed by atoms with Crippen LogP contribution in [0.25, 0.3) is 0 Å². The van der Waals surface area contributed by atoms with E-state index in [-0.39, 0.29) is 38.6 Å². The molecule has 0 aliphatic carbocycles. The number of phosphoric ester groups is 1. The molecule has 0 aromatic heterocycles. The van der Waals surface area contributed by atoms with Crippen molar-refractivity contribution in [2.75, 3.05) is 26.4 Å². The largest absolute Gasteiger partial charge is 0.472 e. The van der Waals surface area contributed by atoms with Crippen LogP contribution in [0.4, 0.5) is 0 Å². The predicted molar refractivity (Wildman–Crippen MR) is 358 cm³/mol. The fourth-order valence-electron chi connectivity index (χ4n) is 9.59. The topological polar surface area (TPSA) is 134 Å². The molecule has 0 rings (SSSR count). The third-order valence-electron chi connectivity index (χ3n) is 14.6. The minimum Gasteiger partial charge on any atom is -0.462 e. The zero-order chi connectivity index (χ0) is 60.1. The van der Waals surface area contributed by atoms with Crippen LogP contribution in [0.2, 0.25) is 0 Å². The third-order valence-corrected chi connectivity index (χ3v) is 15.6. The first-order chi connectivity index (χ1) is 40.8. The lowest BCUT2D eigenvalue weighted by molar-refractivity contribution is -0.161. The van der Waals surface area contributed by atoms with Crippen LogP contribution in [0, 0.1) is 0 Å². The van der Waals surface area contributed by atoms with E-state index in [0.29, 0.717) is 6.42 Å². The zero-order valence-corrected chi connectivity index (χ0v) is 54.5. The number of ether oxygens (including phenoxy) is 2. The summed E-state index contributed by atoms with van der Waals surface area (Å²) in [6.07, 6.45) is 93.1. The number of phosphoric acid groups is 1. The molecule has 0 aliphatic heterocycles. The smallest absolute Gasteiger partial charge is 0.462 e. The minimum absolute atomic E-state index is 0.0507. The van der Waals surface area contributed by atoms with Gasteiger partial charge in [0.2, 0.25) is 0 Å². The highest BCUT2D eigenvalue weighted by atomic mass is 31.2. The lowest BCUT2D eigenvalue weighted by Crippen LogP contribution is -2.29. The number of hydrogen-bond donors (Lipinski definition) is 2. The molecule has 0 heterocycles. The quantitative estimate of drug-likeness (QED) is 0.0264.